The zero-order valence-corrected chi connectivity index (χ0v) is 11.8. The topological polar surface area (TPSA) is 89.1 Å². The van der Waals surface area contributed by atoms with Crippen molar-refractivity contribution in [2.24, 2.45) is 0 Å². The fraction of sp³-hybridized carbons (Fsp3) is 0.0833. The van der Waals surface area contributed by atoms with Crippen molar-refractivity contribution in [3.63, 3.8) is 0 Å². The van der Waals surface area contributed by atoms with Gasteiger partial charge in [0.15, 0.2) is 5.82 Å². The van der Waals surface area contributed by atoms with Gasteiger partial charge in [0.05, 0.1) is 15.7 Å². The van der Waals surface area contributed by atoms with Crippen molar-refractivity contribution in [1.29, 1.82) is 0 Å². The summed E-state index contributed by atoms with van der Waals surface area (Å²) in [5.41, 5.74) is 6.97. The van der Waals surface area contributed by atoms with Crippen molar-refractivity contribution >= 4 is 34.7 Å². The van der Waals surface area contributed by atoms with Crippen molar-refractivity contribution in [1.82, 2.24) is 19.6 Å². The number of nitrogen functional groups attached to an aromatic ring is 1. The van der Waals surface area contributed by atoms with Crippen LogP contribution in [0.3, 0.4) is 0 Å². The van der Waals surface area contributed by atoms with Gasteiger partial charge in [0.2, 0.25) is 0 Å². The molecule has 0 radical (unpaired) electrons. The van der Waals surface area contributed by atoms with E-state index in [1.54, 1.807) is 19.1 Å². The van der Waals surface area contributed by atoms with Gasteiger partial charge in [-0.15, -0.1) is 0 Å². The molecule has 8 heteroatoms. The van der Waals surface area contributed by atoms with Crippen LogP contribution in [0.5, 0.6) is 0 Å². The number of aromatic nitrogens is 4. The summed E-state index contributed by atoms with van der Waals surface area (Å²) in [5, 5.41) is 3.50. The Kier molecular flexibility index (Phi) is 2.92. The smallest absolute Gasteiger partial charge is 0.274 e. The number of nitrogens with one attached hydrogen (secondary N) is 1. The number of hydrogen-bond acceptors (Lipinski definition) is 4. The summed E-state index contributed by atoms with van der Waals surface area (Å²) in [4.78, 5) is 20.2. The molecule has 0 atom stereocenters. The number of nitrogens with zero attached hydrogens (tertiary/aromatic N) is 3. The van der Waals surface area contributed by atoms with Crippen LogP contribution in [0.4, 0.5) is 5.69 Å². The highest BCUT2D eigenvalue weighted by Gasteiger charge is 2.11. The van der Waals surface area contributed by atoms with Crippen molar-refractivity contribution in [3.8, 4) is 11.4 Å². The molecule has 0 spiro atoms. The maximum atomic E-state index is 11.8. The first-order chi connectivity index (χ1) is 9.45. The van der Waals surface area contributed by atoms with E-state index in [1.165, 1.54) is 10.6 Å². The molecule has 3 aromatic rings. The van der Waals surface area contributed by atoms with E-state index in [-0.39, 0.29) is 11.3 Å². The van der Waals surface area contributed by atoms with E-state index in [4.69, 9.17) is 28.9 Å². The standard InChI is InChI=1S/C12H9Cl2N5O/c1-5-2-9(20)19-12(16-5)17-11(18-19)6-3-7(13)10(15)8(14)4-6/h2-4H,15H2,1H3,(H,16,17,18). The Morgan fingerprint density at radius 1 is 1.20 bits per heavy atom. The zero-order chi connectivity index (χ0) is 14.4. The van der Waals surface area contributed by atoms with E-state index in [9.17, 15) is 4.79 Å². The predicted octanol–water partition coefficient (Wildman–Crippen LogP) is 2.28. The van der Waals surface area contributed by atoms with Gasteiger partial charge in [-0.25, -0.2) is 4.98 Å². The zero-order valence-electron chi connectivity index (χ0n) is 10.3. The van der Waals surface area contributed by atoms with E-state index < -0.39 is 0 Å². The minimum absolute atomic E-state index is 0.237. The number of aromatic amines is 1. The Hall–Kier alpha value is -2.05. The number of hydrogen-bond donors (Lipinski definition) is 2. The molecule has 0 amide bonds. The van der Waals surface area contributed by atoms with Gasteiger partial charge >= 0.3 is 0 Å². The Bertz CT molecular complexity index is 860. The average molecular weight is 310 g/mol. The second kappa shape index (κ2) is 4.50. The molecule has 20 heavy (non-hydrogen) atoms. The summed E-state index contributed by atoms with van der Waals surface area (Å²) >= 11 is 12.0. The number of rotatable bonds is 1. The lowest BCUT2D eigenvalue weighted by Crippen LogP contribution is -2.14. The molecule has 0 saturated carbocycles. The van der Waals surface area contributed by atoms with Gasteiger partial charge in [-0.3, -0.25) is 9.89 Å². The molecule has 0 aliphatic carbocycles. The van der Waals surface area contributed by atoms with Gasteiger partial charge in [-0.1, -0.05) is 23.2 Å². The third-order valence-electron chi connectivity index (χ3n) is 2.81. The molecule has 3 rings (SSSR count). The van der Waals surface area contributed by atoms with Gasteiger partial charge in [0, 0.05) is 17.3 Å². The maximum Gasteiger partial charge on any atom is 0.274 e. The van der Waals surface area contributed by atoms with Crippen LogP contribution in [0.1, 0.15) is 5.69 Å². The van der Waals surface area contributed by atoms with Crippen LogP contribution in [0.15, 0.2) is 23.0 Å². The Balaban J connectivity index is 2.25. The van der Waals surface area contributed by atoms with Crippen molar-refractivity contribution < 1.29 is 0 Å². The lowest BCUT2D eigenvalue weighted by Gasteiger charge is -2.03. The second-order valence-corrected chi connectivity index (χ2v) is 5.11. The van der Waals surface area contributed by atoms with E-state index in [0.717, 1.165) is 0 Å². The maximum absolute atomic E-state index is 11.8. The van der Waals surface area contributed by atoms with Crippen molar-refractivity contribution in [2.45, 2.75) is 6.92 Å². The molecule has 102 valence electrons. The fourth-order valence-electron chi connectivity index (χ4n) is 1.84. The molecule has 3 N–H and O–H groups in total. The molecular formula is C12H9Cl2N5O. The second-order valence-electron chi connectivity index (χ2n) is 4.30. The number of fused-ring (bicyclic) bond motifs is 1. The molecule has 2 heterocycles. The Labute approximate surface area is 123 Å². The van der Waals surface area contributed by atoms with Gasteiger partial charge in [-0.2, -0.15) is 9.50 Å². The van der Waals surface area contributed by atoms with Crippen LogP contribution in [0, 0.1) is 6.92 Å². The average Bonchev–Trinajstić information content (AvgIpc) is 2.79. The van der Waals surface area contributed by atoms with Crippen molar-refractivity contribution in [2.75, 3.05) is 5.73 Å². The number of anilines is 1. The molecule has 0 aliphatic heterocycles. The lowest BCUT2D eigenvalue weighted by molar-refractivity contribution is 0.892. The minimum atomic E-state index is -0.237. The fourth-order valence-corrected chi connectivity index (χ4v) is 2.33. The molecule has 0 aliphatic rings. The van der Waals surface area contributed by atoms with E-state index in [2.05, 4.69) is 15.1 Å². The van der Waals surface area contributed by atoms with Gasteiger partial charge < -0.3 is 5.73 Å². The summed E-state index contributed by atoms with van der Waals surface area (Å²) in [7, 11) is 0. The van der Waals surface area contributed by atoms with Crippen LogP contribution in [-0.2, 0) is 0 Å². The van der Waals surface area contributed by atoms with Gasteiger partial charge in [0.1, 0.15) is 0 Å². The third-order valence-corrected chi connectivity index (χ3v) is 3.44. The monoisotopic (exact) mass is 309 g/mol. The molecule has 6 nitrogen and oxygen atoms in total. The van der Waals surface area contributed by atoms with Crippen LogP contribution < -0.4 is 11.3 Å². The van der Waals surface area contributed by atoms with E-state index >= 15 is 0 Å². The third kappa shape index (κ3) is 2.03. The highest BCUT2D eigenvalue weighted by atomic mass is 35.5. The van der Waals surface area contributed by atoms with Crippen LogP contribution in [-0.4, -0.2) is 19.6 Å². The highest BCUT2D eigenvalue weighted by Crippen LogP contribution is 2.32. The number of halogens is 2. The summed E-state index contributed by atoms with van der Waals surface area (Å²) in [6.07, 6.45) is 0. The minimum Gasteiger partial charge on any atom is -0.396 e. The number of nitrogens with two attached hydrogens (primary N) is 1. The summed E-state index contributed by atoms with van der Waals surface area (Å²) in [5.74, 6) is 0.720. The van der Waals surface area contributed by atoms with E-state index in [0.29, 0.717) is 32.8 Å². The van der Waals surface area contributed by atoms with E-state index in [1.807, 2.05) is 0 Å². The first-order valence-electron chi connectivity index (χ1n) is 5.67. The first kappa shape index (κ1) is 13.0. The SMILES string of the molecule is Cc1cc(=O)n2[nH]c(-c3cc(Cl)c(N)c(Cl)c3)nc2n1. The highest BCUT2D eigenvalue weighted by molar-refractivity contribution is 6.39. The molecular weight excluding hydrogens is 301 g/mol. The normalized spacial score (nSPS) is 11.2. The first-order valence-corrected chi connectivity index (χ1v) is 6.42. The lowest BCUT2D eigenvalue weighted by atomic mass is 10.2. The molecule has 0 unspecified atom stereocenters. The number of H-pyrrole nitrogens is 1. The predicted molar refractivity (Wildman–Crippen MR) is 78.2 cm³/mol. The molecule has 0 saturated heterocycles. The number of aryl methyl sites for hydroxylation is 1. The van der Waals surface area contributed by atoms with Gasteiger partial charge in [0.25, 0.3) is 11.3 Å². The Morgan fingerprint density at radius 3 is 2.50 bits per heavy atom. The summed E-state index contributed by atoms with van der Waals surface area (Å²) in [6, 6.07) is 4.66. The van der Waals surface area contributed by atoms with Gasteiger partial charge in [-0.05, 0) is 19.1 Å². The molecule has 1 aromatic carbocycles. The van der Waals surface area contributed by atoms with Crippen LogP contribution in [0.2, 0.25) is 10.0 Å². The molecule has 0 bridgehead atoms. The summed E-state index contributed by atoms with van der Waals surface area (Å²) in [6.45, 7) is 1.73. The molecule has 0 fully saturated rings. The number of benzene rings is 1. The Morgan fingerprint density at radius 2 is 1.85 bits per heavy atom. The molecule has 2 aromatic heterocycles. The van der Waals surface area contributed by atoms with Crippen LogP contribution >= 0.6 is 23.2 Å². The quantitative estimate of drug-likeness (QED) is 0.675. The largest absolute Gasteiger partial charge is 0.396 e. The van der Waals surface area contributed by atoms with Crippen molar-refractivity contribution in [3.05, 3.63) is 44.3 Å². The summed E-state index contributed by atoms with van der Waals surface area (Å²) < 4.78 is 1.25. The van der Waals surface area contributed by atoms with Crippen LogP contribution in [0.25, 0.3) is 17.2 Å².